The summed E-state index contributed by atoms with van der Waals surface area (Å²) in [6.07, 6.45) is 2.93. The number of nitrogens with zero attached hydrogens (tertiary/aromatic N) is 1. The van der Waals surface area contributed by atoms with Crippen molar-refractivity contribution >= 4 is 23.3 Å². The largest absolute Gasteiger partial charge is 0.467 e. The van der Waals surface area contributed by atoms with Gasteiger partial charge in [-0.25, -0.2) is 4.79 Å². The van der Waals surface area contributed by atoms with E-state index in [4.69, 9.17) is 4.74 Å². The van der Waals surface area contributed by atoms with Gasteiger partial charge in [-0.2, -0.15) is 0 Å². The van der Waals surface area contributed by atoms with Gasteiger partial charge in [-0.05, 0) is 24.1 Å². The lowest BCUT2D eigenvalue weighted by atomic mass is 10.0. The van der Waals surface area contributed by atoms with Gasteiger partial charge in [0.2, 0.25) is 6.41 Å². The van der Waals surface area contributed by atoms with Gasteiger partial charge in [0.1, 0.15) is 6.04 Å². The molecule has 1 atom stereocenters. The number of carbonyl (C=O) groups is 2. The highest BCUT2D eigenvalue weighted by molar-refractivity contribution is 5.85. The van der Waals surface area contributed by atoms with Crippen molar-refractivity contribution in [2.75, 3.05) is 14.2 Å². The number of rotatable bonds is 5. The van der Waals surface area contributed by atoms with Gasteiger partial charge >= 0.3 is 5.97 Å². The van der Waals surface area contributed by atoms with Crippen molar-refractivity contribution in [1.82, 2.24) is 9.88 Å². The lowest BCUT2D eigenvalue weighted by Crippen LogP contribution is -2.40. The van der Waals surface area contributed by atoms with E-state index in [1.54, 1.807) is 7.05 Å². The quantitative estimate of drug-likeness (QED) is 0.666. The van der Waals surface area contributed by atoms with E-state index in [2.05, 4.69) is 11.1 Å². The van der Waals surface area contributed by atoms with E-state index < -0.39 is 12.0 Å². The molecule has 0 aliphatic rings. The number of nitrogens with one attached hydrogen (secondary N) is 1. The normalized spacial score (nSPS) is 12.2. The lowest BCUT2D eigenvalue weighted by molar-refractivity contribution is -0.148. The Morgan fingerprint density at radius 3 is 2.90 bits per heavy atom. The first-order valence-corrected chi connectivity index (χ1v) is 6.38. The first-order chi connectivity index (χ1) is 9.56. The molecule has 106 valence electrons. The van der Waals surface area contributed by atoms with Crippen LogP contribution < -0.4 is 0 Å². The number of esters is 1. The third-order valence-corrected chi connectivity index (χ3v) is 3.47. The fraction of sp³-hybridized carbons (Fsp3) is 0.333. The molecule has 0 saturated heterocycles. The molecule has 5 nitrogen and oxygen atoms in total. The van der Waals surface area contributed by atoms with Crippen molar-refractivity contribution < 1.29 is 14.3 Å². The highest BCUT2D eigenvalue weighted by Crippen LogP contribution is 2.21. The smallest absolute Gasteiger partial charge is 0.328 e. The van der Waals surface area contributed by atoms with Gasteiger partial charge in [-0.1, -0.05) is 12.1 Å². The van der Waals surface area contributed by atoms with Crippen LogP contribution >= 0.6 is 0 Å². The molecular formula is C15H18N2O3. The number of fused-ring (bicyclic) bond motifs is 1. The molecule has 1 N–H and O–H groups in total. The molecule has 0 radical (unpaired) electrons. The molecule has 0 unspecified atom stereocenters. The number of carbonyl (C=O) groups excluding carboxylic acids is 2. The molecule has 5 heteroatoms. The number of aromatic amines is 1. The standard InChI is InChI=1S/C15H18N2O3/c1-10-4-5-12-11(8-16-13(12)6-10)7-14(15(19)20-3)17(2)9-18/h4-6,8-9,14,16H,7H2,1-3H3/t14-/m1/s1. The predicted molar refractivity (Wildman–Crippen MR) is 76.4 cm³/mol. The van der Waals surface area contributed by atoms with Crippen LogP contribution in [-0.4, -0.2) is 42.5 Å². The third kappa shape index (κ3) is 2.66. The number of aryl methyl sites for hydroxylation is 1. The topological polar surface area (TPSA) is 62.4 Å². The van der Waals surface area contributed by atoms with Gasteiger partial charge in [0.25, 0.3) is 0 Å². The second-order valence-corrected chi connectivity index (χ2v) is 4.88. The highest BCUT2D eigenvalue weighted by atomic mass is 16.5. The van der Waals surface area contributed by atoms with E-state index in [1.165, 1.54) is 17.6 Å². The summed E-state index contributed by atoms with van der Waals surface area (Å²) in [4.78, 5) is 27.2. The number of amides is 1. The molecule has 0 saturated carbocycles. The van der Waals surface area contributed by atoms with Crippen LogP contribution in [0.3, 0.4) is 0 Å². The minimum Gasteiger partial charge on any atom is -0.467 e. The molecule has 2 rings (SSSR count). The maximum Gasteiger partial charge on any atom is 0.328 e. The fourth-order valence-electron chi connectivity index (χ4n) is 2.28. The van der Waals surface area contributed by atoms with E-state index in [1.807, 2.05) is 25.3 Å². The summed E-state index contributed by atoms with van der Waals surface area (Å²) in [7, 11) is 2.90. The molecule has 1 heterocycles. The van der Waals surface area contributed by atoms with E-state index in [0.29, 0.717) is 12.8 Å². The summed E-state index contributed by atoms with van der Waals surface area (Å²) in [5, 5.41) is 1.06. The minimum absolute atomic E-state index is 0.416. The maximum absolute atomic E-state index is 11.8. The predicted octanol–water partition coefficient (Wildman–Crippen LogP) is 1.65. The summed E-state index contributed by atoms with van der Waals surface area (Å²) in [5.74, 6) is -0.416. The molecule has 0 fully saturated rings. The Balaban J connectivity index is 2.33. The molecule has 0 aliphatic heterocycles. The number of hydrogen-bond donors (Lipinski definition) is 1. The molecular weight excluding hydrogens is 256 g/mol. The van der Waals surface area contributed by atoms with E-state index in [0.717, 1.165) is 16.5 Å². The highest BCUT2D eigenvalue weighted by Gasteiger charge is 2.24. The van der Waals surface area contributed by atoms with Gasteiger partial charge in [0.05, 0.1) is 7.11 Å². The van der Waals surface area contributed by atoms with Crippen LogP contribution in [0.25, 0.3) is 10.9 Å². The molecule has 1 aromatic carbocycles. The number of H-pyrrole nitrogens is 1. The van der Waals surface area contributed by atoms with Crippen molar-refractivity contribution in [2.45, 2.75) is 19.4 Å². The van der Waals surface area contributed by atoms with Gasteiger partial charge in [0.15, 0.2) is 0 Å². The van der Waals surface area contributed by atoms with Crippen molar-refractivity contribution in [1.29, 1.82) is 0 Å². The molecule has 1 amide bonds. The number of aromatic nitrogens is 1. The summed E-state index contributed by atoms with van der Waals surface area (Å²) in [6.45, 7) is 2.03. The van der Waals surface area contributed by atoms with Crippen LogP contribution in [0.4, 0.5) is 0 Å². The van der Waals surface area contributed by atoms with E-state index in [9.17, 15) is 9.59 Å². The van der Waals surface area contributed by atoms with Crippen molar-refractivity contribution in [2.24, 2.45) is 0 Å². The maximum atomic E-state index is 11.8. The Morgan fingerprint density at radius 2 is 2.25 bits per heavy atom. The van der Waals surface area contributed by atoms with Crippen LogP contribution in [0.15, 0.2) is 24.4 Å². The molecule has 0 aliphatic carbocycles. The molecule has 0 spiro atoms. The van der Waals surface area contributed by atoms with Crippen LogP contribution in [0, 0.1) is 6.92 Å². The molecule has 20 heavy (non-hydrogen) atoms. The van der Waals surface area contributed by atoms with E-state index in [-0.39, 0.29) is 0 Å². The first-order valence-electron chi connectivity index (χ1n) is 6.38. The van der Waals surface area contributed by atoms with Crippen LogP contribution in [0.1, 0.15) is 11.1 Å². The average molecular weight is 274 g/mol. The van der Waals surface area contributed by atoms with Gasteiger partial charge < -0.3 is 14.6 Å². The summed E-state index contributed by atoms with van der Waals surface area (Å²) >= 11 is 0. The van der Waals surface area contributed by atoms with Crippen molar-refractivity contribution in [3.8, 4) is 0 Å². The van der Waals surface area contributed by atoms with Gasteiger partial charge in [-0.15, -0.1) is 0 Å². The zero-order chi connectivity index (χ0) is 14.7. The summed E-state index contributed by atoms with van der Waals surface area (Å²) in [5.41, 5.74) is 3.18. The zero-order valence-electron chi connectivity index (χ0n) is 11.8. The zero-order valence-corrected chi connectivity index (χ0v) is 11.8. The Morgan fingerprint density at radius 1 is 1.50 bits per heavy atom. The summed E-state index contributed by atoms with van der Waals surface area (Å²) in [6, 6.07) is 5.48. The molecule has 2 aromatic rings. The number of methoxy groups -OCH3 is 1. The second-order valence-electron chi connectivity index (χ2n) is 4.88. The van der Waals surface area contributed by atoms with Gasteiger partial charge in [-0.3, -0.25) is 4.79 Å². The first kappa shape index (κ1) is 14.1. The van der Waals surface area contributed by atoms with Gasteiger partial charge in [0, 0.05) is 30.6 Å². The fourth-order valence-corrected chi connectivity index (χ4v) is 2.28. The number of benzene rings is 1. The van der Waals surface area contributed by atoms with Crippen molar-refractivity contribution in [3.63, 3.8) is 0 Å². The number of hydrogen-bond acceptors (Lipinski definition) is 3. The monoisotopic (exact) mass is 274 g/mol. The minimum atomic E-state index is -0.613. The van der Waals surface area contributed by atoms with E-state index >= 15 is 0 Å². The van der Waals surface area contributed by atoms with Crippen LogP contribution in [0.5, 0.6) is 0 Å². The number of likely N-dealkylation sites (N-methyl/N-ethyl adjacent to an activating group) is 1. The summed E-state index contributed by atoms with van der Waals surface area (Å²) < 4.78 is 4.77. The Kier molecular flexibility index (Phi) is 4.08. The Bertz CT molecular complexity index is 633. The SMILES string of the molecule is COC(=O)[C@@H](Cc1c[nH]c2cc(C)ccc12)N(C)C=O. The van der Waals surface area contributed by atoms with Crippen LogP contribution in [0.2, 0.25) is 0 Å². The average Bonchev–Trinajstić information content (AvgIpc) is 2.85. The third-order valence-electron chi connectivity index (χ3n) is 3.47. The van der Waals surface area contributed by atoms with Crippen molar-refractivity contribution in [3.05, 3.63) is 35.5 Å². The number of ether oxygens (including phenoxy) is 1. The molecule has 1 aromatic heterocycles. The lowest BCUT2D eigenvalue weighted by Gasteiger charge is -2.21. The van der Waals surface area contributed by atoms with Crippen LogP contribution in [-0.2, 0) is 20.7 Å². The second kappa shape index (κ2) is 5.77. The Labute approximate surface area is 117 Å². The Hall–Kier alpha value is -2.30. The molecule has 0 bridgehead atoms.